The lowest BCUT2D eigenvalue weighted by Gasteiger charge is -2.42. The molecule has 2 aliphatic heterocycles. The van der Waals surface area contributed by atoms with E-state index < -0.39 is 10.8 Å². The molecule has 0 atom stereocenters. The summed E-state index contributed by atoms with van der Waals surface area (Å²) in [6.45, 7) is 9.90. The van der Waals surface area contributed by atoms with Crippen LogP contribution in [-0.2, 0) is 10.8 Å². The van der Waals surface area contributed by atoms with Gasteiger partial charge in [0.05, 0.1) is 16.7 Å². The third-order valence-corrected chi connectivity index (χ3v) is 23.3. The molecule has 0 fully saturated rings. The molecule has 18 aromatic carbocycles. The molecule has 0 unspecified atom stereocenters. The van der Waals surface area contributed by atoms with Crippen LogP contribution in [0.2, 0.25) is 0 Å². The van der Waals surface area contributed by atoms with Crippen LogP contribution >= 0.6 is 0 Å². The zero-order valence-corrected chi connectivity index (χ0v) is 59.4. The van der Waals surface area contributed by atoms with Crippen molar-refractivity contribution in [3.05, 3.63) is 386 Å². The van der Waals surface area contributed by atoms with E-state index in [-0.39, 0.29) is 0 Å². The first-order chi connectivity index (χ1) is 52.0. The normalized spacial score (nSPS) is 13.2. The van der Waals surface area contributed by atoms with E-state index in [0.717, 1.165) is 51.2 Å². The average Bonchev–Trinajstić information content (AvgIpc) is 1.47. The SMILES string of the molecule is CC1(C)c2cc(-c3ccc(N(c4ccc5ccccc5c4)c4ccc5ccccc5c4)cc3)cc3c2-n2c4c1cc(-c1ccc(N(c5ccc6ccccc6c5)c5ccc6ccccc6c5)cc1)cc4c1cc(-c4ccc(N(c5ccc6ccccc6c5)c5ccc6ccccc6c5)cc4)cc(c12)C3(C)C. The van der Waals surface area contributed by atoms with Crippen molar-refractivity contribution in [1.82, 2.24) is 4.57 Å². The van der Waals surface area contributed by atoms with Gasteiger partial charge in [0.15, 0.2) is 0 Å². The number of anilines is 9. The van der Waals surface area contributed by atoms with E-state index in [1.54, 1.807) is 0 Å². The van der Waals surface area contributed by atoms with Crippen LogP contribution < -0.4 is 14.7 Å². The van der Waals surface area contributed by atoms with Crippen LogP contribution in [0, 0.1) is 0 Å². The quantitative estimate of drug-likeness (QED) is 0.121. The number of fused-ring (bicyclic) bond motifs is 7. The molecule has 0 radical (unpaired) electrons. The van der Waals surface area contributed by atoms with E-state index in [4.69, 9.17) is 0 Å². The highest BCUT2D eigenvalue weighted by Crippen LogP contribution is 2.58. The van der Waals surface area contributed by atoms with Crippen molar-refractivity contribution in [2.24, 2.45) is 0 Å². The fraction of sp³-hybridized carbons (Fsp3) is 0.0588. The number of hydrogen-bond donors (Lipinski definition) is 0. The Kier molecular flexibility index (Phi) is 13.7. The minimum Gasteiger partial charge on any atom is -0.310 e. The predicted molar refractivity (Wildman–Crippen MR) is 450 cm³/mol. The molecule has 21 rings (SSSR count). The second-order valence-electron chi connectivity index (χ2n) is 30.2. The van der Waals surface area contributed by atoms with Gasteiger partial charge in [-0.1, -0.05) is 246 Å². The second kappa shape index (κ2) is 23.6. The van der Waals surface area contributed by atoms with Crippen molar-refractivity contribution in [2.75, 3.05) is 14.7 Å². The van der Waals surface area contributed by atoms with Crippen molar-refractivity contribution < 1.29 is 0 Å². The van der Waals surface area contributed by atoms with Gasteiger partial charge in [-0.3, -0.25) is 0 Å². The lowest BCUT2D eigenvalue weighted by molar-refractivity contribution is 0.594. The van der Waals surface area contributed by atoms with Crippen LogP contribution in [0.25, 0.3) is 126 Å². The summed E-state index contributed by atoms with van der Waals surface area (Å²) >= 11 is 0. The van der Waals surface area contributed by atoms with Gasteiger partial charge in [-0.15, -0.1) is 0 Å². The molecule has 0 N–H and O–H groups in total. The van der Waals surface area contributed by atoms with Crippen LogP contribution in [0.4, 0.5) is 51.2 Å². The van der Waals surface area contributed by atoms with Crippen LogP contribution in [0.15, 0.2) is 364 Å². The van der Waals surface area contributed by atoms with Crippen molar-refractivity contribution in [2.45, 2.75) is 38.5 Å². The zero-order chi connectivity index (χ0) is 70.5. The fourth-order valence-electron chi connectivity index (χ4n) is 17.7. The van der Waals surface area contributed by atoms with Crippen molar-refractivity contribution in [3.63, 3.8) is 0 Å². The maximum atomic E-state index is 2.68. The number of rotatable bonds is 12. The molecule has 4 nitrogen and oxygen atoms in total. The predicted octanol–water partition coefficient (Wildman–Crippen LogP) is 28.4. The number of nitrogens with zero attached hydrogens (tertiary/aromatic N) is 4. The molecule has 0 spiro atoms. The molecule has 0 saturated heterocycles. The minimum absolute atomic E-state index is 0.418. The maximum absolute atomic E-state index is 2.68. The van der Waals surface area contributed by atoms with Crippen LogP contribution in [0.1, 0.15) is 49.9 Å². The summed E-state index contributed by atoms with van der Waals surface area (Å²) in [4.78, 5) is 7.24. The summed E-state index contributed by atoms with van der Waals surface area (Å²) < 4.78 is 2.68. The van der Waals surface area contributed by atoms with Crippen molar-refractivity contribution >= 4 is 138 Å². The van der Waals surface area contributed by atoms with Gasteiger partial charge in [0.25, 0.3) is 0 Å². The Morgan fingerprint density at radius 1 is 0.189 bits per heavy atom. The molecule has 3 heterocycles. The molecule has 0 saturated carbocycles. The summed E-state index contributed by atoms with van der Waals surface area (Å²) in [7, 11) is 0. The van der Waals surface area contributed by atoms with Crippen molar-refractivity contribution in [3.8, 4) is 39.1 Å². The van der Waals surface area contributed by atoms with Crippen LogP contribution in [0.5, 0.6) is 0 Å². The van der Waals surface area contributed by atoms with E-state index in [1.807, 2.05) is 0 Å². The van der Waals surface area contributed by atoms with E-state index in [9.17, 15) is 0 Å². The van der Waals surface area contributed by atoms with Crippen LogP contribution in [0.3, 0.4) is 0 Å². The van der Waals surface area contributed by atoms with Crippen LogP contribution in [-0.4, -0.2) is 4.57 Å². The maximum Gasteiger partial charge on any atom is 0.0582 e. The fourth-order valence-corrected chi connectivity index (χ4v) is 17.7. The zero-order valence-electron chi connectivity index (χ0n) is 59.4. The largest absolute Gasteiger partial charge is 0.310 e. The summed E-state index contributed by atoms with van der Waals surface area (Å²) in [6.07, 6.45) is 0. The average molecular weight is 1350 g/mol. The molecule has 0 bridgehead atoms. The summed E-state index contributed by atoms with van der Waals surface area (Å²) in [6, 6.07) is 136. The number of hydrogen-bond acceptors (Lipinski definition) is 3. The van der Waals surface area contributed by atoms with Gasteiger partial charge in [0, 0.05) is 72.8 Å². The van der Waals surface area contributed by atoms with Gasteiger partial charge >= 0.3 is 0 Å². The standard InChI is InChI=1S/C102H72N4/c1-101(2)94-61-80(71-29-41-83(42-30-71)103(86-47-35-65-17-5-11-23-74(65)53-86)87-48-36-66-18-6-12-24-75(66)54-87)59-92-93-60-81(72-31-43-84(44-32-72)104(88-49-37-67-19-7-13-25-76(67)55-88)89-50-38-68-20-8-14-26-77(68)56-89)62-95-99(93)106(98(92)94)100-96(101)63-82(64-97(100)102(95,3)4)73-33-45-85(46-34-73)105(90-51-39-69-21-9-15-27-78(69)57-90)91-52-40-70-22-10-16-28-79(70)58-91/h5-64H,1-4H3. The lowest BCUT2D eigenvalue weighted by Crippen LogP contribution is -2.33. The highest BCUT2D eigenvalue weighted by atomic mass is 15.2. The van der Waals surface area contributed by atoms with Gasteiger partial charge < -0.3 is 19.3 Å². The molecular weight excluding hydrogens is 1280 g/mol. The van der Waals surface area contributed by atoms with Gasteiger partial charge in [0.2, 0.25) is 0 Å². The van der Waals surface area contributed by atoms with Crippen molar-refractivity contribution in [1.29, 1.82) is 0 Å². The molecule has 4 heteroatoms. The molecule has 2 aliphatic rings. The van der Waals surface area contributed by atoms with Gasteiger partial charge in [-0.05, 0) is 266 Å². The van der Waals surface area contributed by atoms with E-state index in [0.29, 0.717) is 0 Å². The Bertz CT molecular complexity index is 6290. The highest BCUT2D eigenvalue weighted by Gasteiger charge is 2.44. The van der Waals surface area contributed by atoms with Gasteiger partial charge in [-0.25, -0.2) is 0 Å². The Balaban J connectivity index is 0.733. The topological polar surface area (TPSA) is 14.7 Å². The minimum atomic E-state index is -0.418. The monoisotopic (exact) mass is 1350 g/mol. The van der Waals surface area contributed by atoms with E-state index in [1.165, 1.54) is 148 Å². The van der Waals surface area contributed by atoms with Gasteiger partial charge in [-0.2, -0.15) is 0 Å². The summed E-state index contributed by atoms with van der Waals surface area (Å²) in [5, 5.41) is 17.1. The first kappa shape index (κ1) is 61.4. The molecule has 1 aromatic heterocycles. The summed E-state index contributed by atoms with van der Waals surface area (Å²) in [5.41, 5.74) is 25.4. The third kappa shape index (κ3) is 9.82. The second-order valence-corrected chi connectivity index (χ2v) is 30.2. The molecular formula is C102H72N4. The Labute approximate surface area is 616 Å². The molecule has 0 amide bonds. The first-order valence-corrected chi connectivity index (χ1v) is 37.0. The molecule has 19 aromatic rings. The van der Waals surface area contributed by atoms with E-state index in [2.05, 4.69) is 411 Å². The smallest absolute Gasteiger partial charge is 0.0582 e. The lowest BCUT2D eigenvalue weighted by atomic mass is 9.67. The Hall–Kier alpha value is -13.3. The molecule has 106 heavy (non-hydrogen) atoms. The Morgan fingerprint density at radius 2 is 0.396 bits per heavy atom. The summed E-state index contributed by atoms with van der Waals surface area (Å²) in [5.74, 6) is 0. The molecule has 0 aliphatic carbocycles. The van der Waals surface area contributed by atoms with Gasteiger partial charge in [0.1, 0.15) is 0 Å². The number of aromatic nitrogens is 1. The third-order valence-electron chi connectivity index (χ3n) is 23.3. The molecule has 500 valence electrons. The number of benzene rings is 18. The Morgan fingerprint density at radius 3 is 0.642 bits per heavy atom. The first-order valence-electron chi connectivity index (χ1n) is 37.0. The highest BCUT2D eigenvalue weighted by molar-refractivity contribution is 6.16. The van der Waals surface area contributed by atoms with E-state index >= 15 is 0 Å².